The van der Waals surface area contributed by atoms with E-state index in [2.05, 4.69) is 15.4 Å². The molecule has 0 aliphatic carbocycles. The van der Waals surface area contributed by atoms with Crippen molar-refractivity contribution in [2.75, 3.05) is 18.5 Å². The molecule has 2 amide bonds. The number of ether oxygens (including phenoxy) is 1. The van der Waals surface area contributed by atoms with Crippen LogP contribution in [0.2, 0.25) is 0 Å². The second-order valence-electron chi connectivity index (χ2n) is 5.92. The number of benzene rings is 1. The molecular formula is C16H23ClF3N3O3. The Morgan fingerprint density at radius 3 is 2.38 bits per heavy atom. The van der Waals surface area contributed by atoms with Crippen LogP contribution in [-0.4, -0.2) is 37.2 Å². The lowest BCUT2D eigenvalue weighted by atomic mass is 10.1. The second-order valence-corrected chi connectivity index (χ2v) is 5.92. The summed E-state index contributed by atoms with van der Waals surface area (Å²) in [7, 11) is 0. The summed E-state index contributed by atoms with van der Waals surface area (Å²) < 4.78 is 41.1. The first kappa shape index (κ1) is 24.0. The van der Waals surface area contributed by atoms with Gasteiger partial charge in [0.2, 0.25) is 11.8 Å². The summed E-state index contributed by atoms with van der Waals surface area (Å²) in [5.74, 6) is -0.897. The van der Waals surface area contributed by atoms with Gasteiger partial charge in [0.25, 0.3) is 0 Å². The van der Waals surface area contributed by atoms with Crippen LogP contribution in [0.25, 0.3) is 0 Å². The van der Waals surface area contributed by atoms with E-state index in [9.17, 15) is 22.8 Å². The number of anilines is 1. The highest BCUT2D eigenvalue weighted by molar-refractivity contribution is 5.95. The van der Waals surface area contributed by atoms with Crippen LogP contribution in [0, 0.1) is 12.8 Å². The van der Waals surface area contributed by atoms with Crippen LogP contribution in [-0.2, 0) is 9.59 Å². The summed E-state index contributed by atoms with van der Waals surface area (Å²) in [6, 6.07) is 3.52. The molecule has 0 spiro atoms. The fourth-order valence-electron chi connectivity index (χ4n) is 1.84. The molecule has 0 aliphatic heterocycles. The van der Waals surface area contributed by atoms with Crippen molar-refractivity contribution < 1.29 is 27.5 Å². The molecule has 26 heavy (non-hydrogen) atoms. The van der Waals surface area contributed by atoms with E-state index in [4.69, 9.17) is 5.73 Å². The van der Waals surface area contributed by atoms with Crippen molar-refractivity contribution in [3.63, 3.8) is 0 Å². The van der Waals surface area contributed by atoms with E-state index in [1.807, 2.05) is 0 Å². The van der Waals surface area contributed by atoms with E-state index in [-0.39, 0.29) is 30.6 Å². The number of hydrogen-bond acceptors (Lipinski definition) is 4. The Labute approximate surface area is 156 Å². The SMILES string of the molecule is Cc1cc(NC(=O)CNC(=O)[C@@H](N)C(C)C)ccc1OCC(F)(F)F.Cl. The predicted molar refractivity (Wildman–Crippen MR) is 94.4 cm³/mol. The summed E-state index contributed by atoms with van der Waals surface area (Å²) in [4.78, 5) is 23.5. The molecule has 0 saturated carbocycles. The fraction of sp³-hybridized carbons (Fsp3) is 0.500. The van der Waals surface area contributed by atoms with Gasteiger partial charge < -0.3 is 21.1 Å². The third-order valence-corrected chi connectivity index (χ3v) is 3.29. The Bertz CT molecular complexity index is 624. The van der Waals surface area contributed by atoms with E-state index in [1.165, 1.54) is 18.2 Å². The van der Waals surface area contributed by atoms with Crippen LogP contribution in [0.3, 0.4) is 0 Å². The number of amides is 2. The summed E-state index contributed by atoms with van der Waals surface area (Å²) in [6.45, 7) is 3.49. The van der Waals surface area contributed by atoms with Crippen molar-refractivity contribution in [1.82, 2.24) is 5.32 Å². The van der Waals surface area contributed by atoms with Crippen molar-refractivity contribution in [1.29, 1.82) is 0 Å². The van der Waals surface area contributed by atoms with E-state index in [0.29, 0.717) is 11.3 Å². The van der Waals surface area contributed by atoms with Crippen molar-refractivity contribution in [3.05, 3.63) is 23.8 Å². The molecule has 148 valence electrons. The molecule has 1 atom stereocenters. The van der Waals surface area contributed by atoms with Gasteiger partial charge in [0.15, 0.2) is 6.61 Å². The van der Waals surface area contributed by atoms with Gasteiger partial charge in [0, 0.05) is 5.69 Å². The Kier molecular flexibility index (Phi) is 9.44. The van der Waals surface area contributed by atoms with Gasteiger partial charge in [-0.05, 0) is 36.6 Å². The first-order chi connectivity index (χ1) is 11.5. The molecule has 1 rings (SSSR count). The average Bonchev–Trinajstić information content (AvgIpc) is 2.50. The number of alkyl halides is 3. The summed E-state index contributed by atoms with van der Waals surface area (Å²) in [5, 5.41) is 4.95. The molecule has 1 aromatic carbocycles. The zero-order valence-electron chi connectivity index (χ0n) is 14.6. The number of nitrogens with one attached hydrogen (secondary N) is 2. The van der Waals surface area contributed by atoms with Crippen LogP contribution in [0.4, 0.5) is 18.9 Å². The number of halogens is 4. The third-order valence-electron chi connectivity index (χ3n) is 3.29. The van der Waals surface area contributed by atoms with Crippen LogP contribution in [0.1, 0.15) is 19.4 Å². The van der Waals surface area contributed by atoms with Gasteiger partial charge in [-0.2, -0.15) is 13.2 Å². The molecule has 0 bridgehead atoms. The van der Waals surface area contributed by atoms with Gasteiger partial charge in [0.1, 0.15) is 5.75 Å². The van der Waals surface area contributed by atoms with Crippen LogP contribution < -0.4 is 21.1 Å². The molecule has 4 N–H and O–H groups in total. The number of aryl methyl sites for hydroxylation is 1. The highest BCUT2D eigenvalue weighted by Gasteiger charge is 2.28. The Morgan fingerprint density at radius 1 is 1.27 bits per heavy atom. The molecule has 6 nitrogen and oxygen atoms in total. The van der Waals surface area contributed by atoms with Crippen LogP contribution >= 0.6 is 12.4 Å². The van der Waals surface area contributed by atoms with Crippen LogP contribution in [0.5, 0.6) is 5.75 Å². The minimum atomic E-state index is -4.42. The summed E-state index contributed by atoms with van der Waals surface area (Å²) in [5.41, 5.74) is 6.47. The molecule has 1 aromatic rings. The standard InChI is InChI=1S/C16H22F3N3O3.ClH/c1-9(2)14(20)15(24)21-7-13(23)22-11-4-5-12(10(3)6-11)25-8-16(17,18)19;/h4-6,9,14H,7-8,20H2,1-3H3,(H,21,24)(H,22,23);1H/t14-;/m0./s1. The molecule has 0 aromatic heterocycles. The lowest BCUT2D eigenvalue weighted by Crippen LogP contribution is -2.46. The molecule has 0 radical (unpaired) electrons. The van der Waals surface area contributed by atoms with Gasteiger partial charge in [-0.15, -0.1) is 12.4 Å². The summed E-state index contributed by atoms with van der Waals surface area (Å²) in [6.07, 6.45) is -4.42. The first-order valence-corrected chi connectivity index (χ1v) is 7.63. The van der Waals surface area contributed by atoms with Gasteiger partial charge in [-0.25, -0.2) is 0 Å². The maximum Gasteiger partial charge on any atom is 0.422 e. The van der Waals surface area contributed by atoms with Gasteiger partial charge >= 0.3 is 6.18 Å². The molecule has 10 heteroatoms. The maximum atomic E-state index is 12.2. The normalized spacial score (nSPS) is 12.2. The highest BCUT2D eigenvalue weighted by atomic mass is 35.5. The molecule has 0 fully saturated rings. The Hall–Kier alpha value is -2.00. The Balaban J connectivity index is 0.00000625. The zero-order chi connectivity index (χ0) is 19.2. The number of nitrogens with two attached hydrogens (primary N) is 1. The van der Waals surface area contributed by atoms with Gasteiger partial charge in [0.05, 0.1) is 12.6 Å². The molecule has 0 heterocycles. The van der Waals surface area contributed by atoms with Crippen molar-refractivity contribution in [2.45, 2.75) is 33.0 Å². The van der Waals surface area contributed by atoms with Gasteiger partial charge in [-0.1, -0.05) is 13.8 Å². The number of carbonyl (C=O) groups excluding carboxylic acids is 2. The topological polar surface area (TPSA) is 93.5 Å². The van der Waals surface area contributed by atoms with Crippen LogP contribution in [0.15, 0.2) is 18.2 Å². The highest BCUT2D eigenvalue weighted by Crippen LogP contribution is 2.24. The maximum absolute atomic E-state index is 12.2. The van der Waals surface area contributed by atoms with Crippen molar-refractivity contribution in [3.8, 4) is 5.75 Å². The molecular weight excluding hydrogens is 375 g/mol. The van der Waals surface area contributed by atoms with Crippen molar-refractivity contribution in [2.24, 2.45) is 11.7 Å². The number of rotatable bonds is 7. The predicted octanol–water partition coefficient (Wildman–Crippen LogP) is 2.40. The average molecular weight is 398 g/mol. The quantitative estimate of drug-likeness (QED) is 0.658. The first-order valence-electron chi connectivity index (χ1n) is 7.63. The fourth-order valence-corrected chi connectivity index (χ4v) is 1.84. The second kappa shape index (κ2) is 10.2. The summed E-state index contributed by atoms with van der Waals surface area (Å²) >= 11 is 0. The molecule has 0 aliphatic rings. The zero-order valence-corrected chi connectivity index (χ0v) is 15.5. The minimum absolute atomic E-state index is 0. The van der Waals surface area contributed by atoms with E-state index in [0.717, 1.165) is 0 Å². The molecule has 0 unspecified atom stereocenters. The third kappa shape index (κ3) is 8.39. The lowest BCUT2D eigenvalue weighted by molar-refractivity contribution is -0.153. The largest absolute Gasteiger partial charge is 0.484 e. The monoisotopic (exact) mass is 397 g/mol. The minimum Gasteiger partial charge on any atom is -0.484 e. The Morgan fingerprint density at radius 2 is 1.88 bits per heavy atom. The van der Waals surface area contributed by atoms with E-state index in [1.54, 1.807) is 20.8 Å². The van der Waals surface area contributed by atoms with Gasteiger partial charge in [-0.3, -0.25) is 9.59 Å². The number of carbonyl (C=O) groups is 2. The van der Waals surface area contributed by atoms with Crippen molar-refractivity contribution >= 4 is 29.9 Å². The molecule has 0 saturated heterocycles. The van der Waals surface area contributed by atoms with E-state index >= 15 is 0 Å². The van der Waals surface area contributed by atoms with E-state index < -0.39 is 30.6 Å². The smallest absolute Gasteiger partial charge is 0.422 e. The number of hydrogen-bond donors (Lipinski definition) is 3. The lowest BCUT2D eigenvalue weighted by Gasteiger charge is -2.15.